The Labute approximate surface area is 132 Å². The minimum atomic E-state index is 1.16. The molecule has 0 heterocycles. The normalized spacial score (nSPS) is 13.1. The van der Waals surface area contributed by atoms with Crippen LogP contribution < -0.4 is 0 Å². The quantitative estimate of drug-likeness (QED) is 0.527. The van der Waals surface area contributed by atoms with Gasteiger partial charge in [-0.25, -0.2) is 0 Å². The number of unbranched alkanes of at least 4 members (excludes halogenated alkanes) is 1. The summed E-state index contributed by atoms with van der Waals surface area (Å²) in [6, 6.07) is 24.3. The van der Waals surface area contributed by atoms with Crippen LogP contribution in [-0.4, -0.2) is 0 Å². The van der Waals surface area contributed by atoms with E-state index in [9.17, 15) is 0 Å². The van der Waals surface area contributed by atoms with Gasteiger partial charge in [0.1, 0.15) is 0 Å². The van der Waals surface area contributed by atoms with E-state index in [2.05, 4.69) is 73.7 Å². The van der Waals surface area contributed by atoms with Gasteiger partial charge >= 0.3 is 0 Å². The zero-order chi connectivity index (χ0) is 14.9. The molecule has 0 radical (unpaired) electrons. The predicted octanol–water partition coefficient (Wildman–Crippen LogP) is 6.30. The molecule has 0 aliphatic heterocycles. The second kappa shape index (κ2) is 5.46. The third kappa shape index (κ3) is 1.99. The molecule has 0 saturated carbocycles. The van der Waals surface area contributed by atoms with Crippen molar-refractivity contribution < 1.29 is 0 Å². The Kier molecular flexibility index (Phi) is 3.31. The molecule has 108 valence electrons. The lowest BCUT2D eigenvalue weighted by Gasteiger charge is -2.10. The van der Waals surface area contributed by atoms with Gasteiger partial charge in [-0.1, -0.05) is 80.1 Å². The van der Waals surface area contributed by atoms with Crippen molar-refractivity contribution in [2.45, 2.75) is 26.2 Å². The zero-order valence-corrected chi connectivity index (χ0v) is 13.0. The van der Waals surface area contributed by atoms with Gasteiger partial charge in [0.25, 0.3) is 0 Å². The van der Waals surface area contributed by atoms with Gasteiger partial charge in [-0.3, -0.25) is 0 Å². The van der Waals surface area contributed by atoms with Crippen molar-refractivity contribution in [2.75, 3.05) is 0 Å². The van der Waals surface area contributed by atoms with Crippen molar-refractivity contribution in [3.8, 4) is 0 Å². The summed E-state index contributed by atoms with van der Waals surface area (Å²) < 4.78 is 0. The van der Waals surface area contributed by atoms with Crippen LogP contribution in [0.3, 0.4) is 0 Å². The highest BCUT2D eigenvalue weighted by molar-refractivity contribution is 6.17. The SMILES string of the molecule is CCCCC1=C(c2ccccc2)c2cccc3cccc1c23. The molecule has 0 N–H and O–H groups in total. The third-order valence-corrected chi connectivity index (χ3v) is 4.64. The van der Waals surface area contributed by atoms with E-state index in [-0.39, 0.29) is 0 Å². The van der Waals surface area contributed by atoms with Crippen LogP contribution in [0.5, 0.6) is 0 Å². The number of benzene rings is 3. The van der Waals surface area contributed by atoms with Crippen molar-refractivity contribution in [3.63, 3.8) is 0 Å². The van der Waals surface area contributed by atoms with Crippen molar-refractivity contribution in [1.82, 2.24) is 0 Å². The van der Waals surface area contributed by atoms with Crippen LogP contribution >= 0.6 is 0 Å². The van der Waals surface area contributed by atoms with Gasteiger partial charge in [-0.2, -0.15) is 0 Å². The van der Waals surface area contributed by atoms with E-state index >= 15 is 0 Å². The van der Waals surface area contributed by atoms with Gasteiger partial charge < -0.3 is 0 Å². The van der Waals surface area contributed by atoms with Crippen molar-refractivity contribution >= 4 is 21.9 Å². The van der Waals surface area contributed by atoms with Gasteiger partial charge in [0, 0.05) is 0 Å². The van der Waals surface area contributed by atoms with Crippen LogP contribution in [0.2, 0.25) is 0 Å². The Bertz CT molecular complexity index is 848. The van der Waals surface area contributed by atoms with Gasteiger partial charge in [0.05, 0.1) is 0 Å². The Morgan fingerprint density at radius 2 is 1.45 bits per heavy atom. The summed E-state index contributed by atoms with van der Waals surface area (Å²) in [7, 11) is 0. The van der Waals surface area contributed by atoms with Crippen LogP contribution in [0, 0.1) is 0 Å². The summed E-state index contributed by atoms with van der Waals surface area (Å²) in [4.78, 5) is 0. The average molecular weight is 284 g/mol. The third-order valence-electron chi connectivity index (χ3n) is 4.64. The molecule has 3 aromatic rings. The molecule has 0 fully saturated rings. The molecule has 0 unspecified atom stereocenters. The van der Waals surface area contributed by atoms with E-state index < -0.39 is 0 Å². The fraction of sp³-hybridized carbons (Fsp3) is 0.182. The summed E-state index contributed by atoms with van der Waals surface area (Å²) in [5.41, 5.74) is 7.17. The average Bonchev–Trinajstić information content (AvgIpc) is 2.90. The first-order valence-corrected chi connectivity index (χ1v) is 8.21. The lowest BCUT2D eigenvalue weighted by atomic mass is 9.94. The lowest BCUT2D eigenvalue weighted by Crippen LogP contribution is -1.88. The first kappa shape index (κ1) is 13.3. The molecule has 0 nitrogen and oxygen atoms in total. The Balaban J connectivity index is 2.01. The maximum absolute atomic E-state index is 2.30. The van der Waals surface area contributed by atoms with Crippen LogP contribution in [0.15, 0.2) is 66.7 Å². The van der Waals surface area contributed by atoms with Crippen molar-refractivity contribution in [2.24, 2.45) is 0 Å². The Morgan fingerprint density at radius 1 is 0.727 bits per heavy atom. The monoisotopic (exact) mass is 284 g/mol. The fourth-order valence-corrected chi connectivity index (χ4v) is 3.65. The van der Waals surface area contributed by atoms with Crippen LogP contribution in [0.25, 0.3) is 21.9 Å². The molecule has 1 aliphatic carbocycles. The minimum Gasteiger partial charge on any atom is -0.0654 e. The molecule has 3 aromatic carbocycles. The molecule has 0 aromatic heterocycles. The van der Waals surface area contributed by atoms with Crippen LogP contribution in [-0.2, 0) is 0 Å². The number of rotatable bonds is 4. The summed E-state index contributed by atoms with van der Waals surface area (Å²) in [5.74, 6) is 0. The highest BCUT2D eigenvalue weighted by Gasteiger charge is 2.24. The smallest absolute Gasteiger partial charge is 0.00295 e. The zero-order valence-electron chi connectivity index (χ0n) is 13.0. The highest BCUT2D eigenvalue weighted by atomic mass is 14.3. The predicted molar refractivity (Wildman–Crippen MR) is 95.8 cm³/mol. The van der Waals surface area contributed by atoms with Gasteiger partial charge in [-0.05, 0) is 51.5 Å². The Morgan fingerprint density at radius 3 is 2.18 bits per heavy atom. The van der Waals surface area contributed by atoms with Gasteiger partial charge in [0.15, 0.2) is 0 Å². The summed E-state index contributed by atoms with van der Waals surface area (Å²) >= 11 is 0. The van der Waals surface area contributed by atoms with Gasteiger partial charge in [-0.15, -0.1) is 0 Å². The minimum absolute atomic E-state index is 1.16. The van der Waals surface area contributed by atoms with E-state index in [1.165, 1.54) is 51.5 Å². The molecule has 4 rings (SSSR count). The standard InChI is InChI=1S/C22H20/c1-2-3-13-18-19-14-7-11-17-12-8-15-20(22(17)19)21(18)16-9-5-4-6-10-16/h4-12,14-15H,2-3,13H2,1H3. The molecule has 0 amide bonds. The van der Waals surface area contributed by atoms with Crippen molar-refractivity contribution in [3.05, 3.63) is 83.4 Å². The maximum atomic E-state index is 2.30. The van der Waals surface area contributed by atoms with Crippen molar-refractivity contribution in [1.29, 1.82) is 0 Å². The lowest BCUT2D eigenvalue weighted by molar-refractivity contribution is 0.826. The summed E-state index contributed by atoms with van der Waals surface area (Å²) in [6.07, 6.45) is 3.64. The van der Waals surface area contributed by atoms with E-state index in [0.717, 1.165) is 6.42 Å². The van der Waals surface area contributed by atoms with Gasteiger partial charge in [0.2, 0.25) is 0 Å². The fourth-order valence-electron chi connectivity index (χ4n) is 3.65. The second-order valence-electron chi connectivity index (χ2n) is 6.03. The molecule has 0 spiro atoms. The maximum Gasteiger partial charge on any atom is -0.00295 e. The topological polar surface area (TPSA) is 0 Å². The van der Waals surface area contributed by atoms with E-state index in [0.29, 0.717) is 0 Å². The summed E-state index contributed by atoms with van der Waals surface area (Å²) in [5, 5.41) is 2.80. The highest BCUT2D eigenvalue weighted by Crippen LogP contribution is 2.46. The molecular weight excluding hydrogens is 264 g/mol. The summed E-state index contributed by atoms with van der Waals surface area (Å²) in [6.45, 7) is 2.27. The molecular formula is C22H20. The molecule has 0 heteroatoms. The molecule has 22 heavy (non-hydrogen) atoms. The van der Waals surface area contributed by atoms with Crippen LogP contribution in [0.1, 0.15) is 42.9 Å². The number of hydrogen-bond acceptors (Lipinski definition) is 0. The van der Waals surface area contributed by atoms with E-state index in [4.69, 9.17) is 0 Å². The molecule has 0 atom stereocenters. The van der Waals surface area contributed by atoms with Crippen LogP contribution in [0.4, 0.5) is 0 Å². The van der Waals surface area contributed by atoms with E-state index in [1.54, 1.807) is 0 Å². The van der Waals surface area contributed by atoms with E-state index in [1.807, 2.05) is 0 Å². The first-order chi connectivity index (χ1) is 10.9. The molecule has 0 bridgehead atoms. The molecule has 1 aliphatic rings. The number of allylic oxidation sites excluding steroid dienone is 1. The molecule has 0 saturated heterocycles. The number of hydrogen-bond donors (Lipinski definition) is 0. The Hall–Kier alpha value is -2.34. The second-order valence-corrected chi connectivity index (χ2v) is 6.03. The first-order valence-electron chi connectivity index (χ1n) is 8.21. The largest absolute Gasteiger partial charge is 0.0654 e.